The minimum atomic E-state index is -0.487. The van der Waals surface area contributed by atoms with Crippen LogP contribution < -0.4 is 5.32 Å². The van der Waals surface area contributed by atoms with Crippen molar-refractivity contribution in [3.63, 3.8) is 0 Å². The lowest BCUT2D eigenvalue weighted by molar-refractivity contribution is -0.384. The number of non-ortho nitro benzene ring substituents is 1. The highest BCUT2D eigenvalue weighted by Gasteiger charge is 2.13. The van der Waals surface area contributed by atoms with Gasteiger partial charge in [0.15, 0.2) is 11.6 Å². The van der Waals surface area contributed by atoms with Crippen LogP contribution in [0.15, 0.2) is 54.9 Å². The van der Waals surface area contributed by atoms with Crippen molar-refractivity contribution in [2.24, 2.45) is 5.92 Å². The van der Waals surface area contributed by atoms with Crippen LogP contribution in [0.5, 0.6) is 0 Å². The van der Waals surface area contributed by atoms with Crippen molar-refractivity contribution in [1.29, 1.82) is 0 Å². The largest absolute Gasteiger partial charge is 0.326 e. The summed E-state index contributed by atoms with van der Waals surface area (Å²) in [6.45, 7) is 3.91. The molecule has 2 aromatic carbocycles. The molecule has 1 N–H and O–H groups in total. The van der Waals surface area contributed by atoms with E-state index in [2.05, 4.69) is 15.4 Å². The molecule has 154 valence electrons. The number of carbonyl (C=O) groups is 2. The first-order chi connectivity index (χ1) is 14.3. The number of benzene rings is 2. The SMILES string of the molecule is CC(C)CC(=O)Nc1ccc(C(=O)Cn2cnc(-c3cccc([N+](=O)[O-])c3)n2)cc1. The molecule has 0 spiro atoms. The average molecular weight is 407 g/mol. The van der Waals surface area contributed by atoms with Gasteiger partial charge in [-0.3, -0.25) is 19.7 Å². The molecule has 0 aliphatic rings. The van der Waals surface area contributed by atoms with Gasteiger partial charge in [-0.15, -0.1) is 0 Å². The second-order valence-electron chi connectivity index (χ2n) is 7.22. The fourth-order valence-corrected chi connectivity index (χ4v) is 2.82. The Hall–Kier alpha value is -3.88. The highest BCUT2D eigenvalue weighted by Crippen LogP contribution is 2.20. The average Bonchev–Trinajstić information content (AvgIpc) is 3.16. The molecule has 9 heteroatoms. The van der Waals surface area contributed by atoms with Crippen molar-refractivity contribution in [3.05, 3.63) is 70.5 Å². The number of hydrogen-bond donors (Lipinski definition) is 1. The zero-order valence-corrected chi connectivity index (χ0v) is 16.6. The Balaban J connectivity index is 1.65. The van der Waals surface area contributed by atoms with Gasteiger partial charge in [-0.05, 0) is 30.2 Å². The predicted octanol–water partition coefficient (Wildman–Crippen LogP) is 3.72. The molecule has 0 unspecified atom stereocenters. The summed E-state index contributed by atoms with van der Waals surface area (Å²) in [7, 11) is 0. The molecule has 9 nitrogen and oxygen atoms in total. The number of amides is 1. The monoisotopic (exact) mass is 407 g/mol. The lowest BCUT2D eigenvalue weighted by atomic mass is 10.1. The number of rotatable bonds is 8. The van der Waals surface area contributed by atoms with E-state index in [-0.39, 0.29) is 29.8 Å². The summed E-state index contributed by atoms with van der Waals surface area (Å²) < 4.78 is 1.38. The quantitative estimate of drug-likeness (QED) is 0.345. The molecule has 1 amide bonds. The van der Waals surface area contributed by atoms with Crippen LogP contribution in [-0.4, -0.2) is 31.4 Å². The zero-order chi connectivity index (χ0) is 21.7. The summed E-state index contributed by atoms with van der Waals surface area (Å²) in [4.78, 5) is 38.9. The Bertz CT molecular complexity index is 1070. The maximum atomic E-state index is 12.5. The van der Waals surface area contributed by atoms with Gasteiger partial charge in [0.2, 0.25) is 5.91 Å². The van der Waals surface area contributed by atoms with Crippen molar-refractivity contribution in [1.82, 2.24) is 14.8 Å². The van der Waals surface area contributed by atoms with Crippen molar-refractivity contribution in [2.45, 2.75) is 26.8 Å². The Morgan fingerprint density at radius 2 is 1.90 bits per heavy atom. The molecular weight excluding hydrogens is 386 g/mol. The van der Waals surface area contributed by atoms with E-state index in [0.717, 1.165) is 0 Å². The zero-order valence-electron chi connectivity index (χ0n) is 16.6. The van der Waals surface area contributed by atoms with E-state index in [1.807, 2.05) is 13.8 Å². The van der Waals surface area contributed by atoms with Crippen molar-refractivity contribution < 1.29 is 14.5 Å². The number of Topliss-reactive ketones (excluding diaryl/α,β-unsaturated/α-hetero) is 1. The van der Waals surface area contributed by atoms with E-state index in [1.54, 1.807) is 36.4 Å². The number of hydrogen-bond acceptors (Lipinski definition) is 6. The first-order valence-corrected chi connectivity index (χ1v) is 9.39. The standard InChI is InChI=1S/C21H21N5O4/c1-14(2)10-20(28)23-17-8-6-15(7-9-17)19(27)12-25-13-22-21(24-25)16-4-3-5-18(11-16)26(29)30/h3-9,11,13-14H,10,12H2,1-2H3,(H,23,28). The highest BCUT2D eigenvalue weighted by atomic mass is 16.6. The van der Waals surface area contributed by atoms with Gasteiger partial charge in [0, 0.05) is 35.4 Å². The Kier molecular flexibility index (Phi) is 6.31. The lowest BCUT2D eigenvalue weighted by Gasteiger charge is -2.08. The molecule has 1 aromatic heterocycles. The van der Waals surface area contributed by atoms with E-state index >= 15 is 0 Å². The minimum Gasteiger partial charge on any atom is -0.326 e. The first-order valence-electron chi connectivity index (χ1n) is 9.39. The maximum absolute atomic E-state index is 12.5. The molecule has 0 aliphatic heterocycles. The second kappa shape index (κ2) is 9.08. The number of nitrogens with zero attached hydrogens (tertiary/aromatic N) is 4. The van der Waals surface area contributed by atoms with E-state index in [0.29, 0.717) is 29.1 Å². The van der Waals surface area contributed by atoms with Gasteiger partial charge in [-0.1, -0.05) is 26.0 Å². The van der Waals surface area contributed by atoms with Gasteiger partial charge in [0.1, 0.15) is 12.9 Å². The van der Waals surface area contributed by atoms with Gasteiger partial charge in [-0.2, -0.15) is 5.10 Å². The molecule has 3 rings (SSSR count). The number of nitro groups is 1. The summed E-state index contributed by atoms with van der Waals surface area (Å²) in [6.07, 6.45) is 1.84. The Labute approximate surface area is 172 Å². The summed E-state index contributed by atoms with van der Waals surface area (Å²) in [5.41, 5.74) is 1.55. The van der Waals surface area contributed by atoms with Crippen LogP contribution in [0.1, 0.15) is 30.6 Å². The second-order valence-corrected chi connectivity index (χ2v) is 7.22. The number of nitro benzene ring substituents is 1. The normalized spacial score (nSPS) is 10.8. The molecule has 0 atom stereocenters. The third kappa shape index (κ3) is 5.34. The summed E-state index contributed by atoms with van der Waals surface area (Å²) in [5.74, 6) is 0.320. The third-order valence-electron chi connectivity index (χ3n) is 4.24. The number of aromatic nitrogens is 3. The fraction of sp³-hybridized carbons (Fsp3) is 0.238. The van der Waals surface area contributed by atoms with Crippen molar-refractivity contribution in [3.8, 4) is 11.4 Å². The molecule has 1 heterocycles. The lowest BCUT2D eigenvalue weighted by Crippen LogP contribution is -2.14. The third-order valence-corrected chi connectivity index (χ3v) is 4.24. The molecule has 0 radical (unpaired) electrons. The van der Waals surface area contributed by atoms with Crippen LogP contribution in [0.4, 0.5) is 11.4 Å². The minimum absolute atomic E-state index is 0.0268. The molecule has 0 saturated heterocycles. The van der Waals surface area contributed by atoms with Gasteiger partial charge >= 0.3 is 0 Å². The topological polar surface area (TPSA) is 120 Å². The summed E-state index contributed by atoms with van der Waals surface area (Å²) >= 11 is 0. The van der Waals surface area contributed by atoms with Crippen LogP contribution >= 0.6 is 0 Å². The van der Waals surface area contributed by atoms with Crippen LogP contribution in [0.2, 0.25) is 0 Å². The van der Waals surface area contributed by atoms with E-state index in [9.17, 15) is 19.7 Å². The Morgan fingerprint density at radius 1 is 1.17 bits per heavy atom. The maximum Gasteiger partial charge on any atom is 0.270 e. The van der Waals surface area contributed by atoms with Gasteiger partial charge < -0.3 is 5.32 Å². The Morgan fingerprint density at radius 3 is 2.57 bits per heavy atom. The molecule has 0 bridgehead atoms. The predicted molar refractivity (Wildman–Crippen MR) is 111 cm³/mol. The molecule has 0 fully saturated rings. The van der Waals surface area contributed by atoms with E-state index in [1.165, 1.54) is 23.1 Å². The van der Waals surface area contributed by atoms with Crippen LogP contribution in [0, 0.1) is 16.0 Å². The smallest absolute Gasteiger partial charge is 0.270 e. The molecule has 0 aliphatic carbocycles. The van der Waals surface area contributed by atoms with Crippen LogP contribution in [0.3, 0.4) is 0 Å². The first kappa shape index (κ1) is 20.8. The van der Waals surface area contributed by atoms with Gasteiger partial charge in [-0.25, -0.2) is 9.67 Å². The summed E-state index contributed by atoms with van der Waals surface area (Å²) in [6, 6.07) is 12.6. The molecular formula is C21H21N5O4. The highest BCUT2D eigenvalue weighted by molar-refractivity contribution is 5.97. The van der Waals surface area contributed by atoms with Gasteiger partial charge in [0.05, 0.1) is 4.92 Å². The van der Waals surface area contributed by atoms with E-state index < -0.39 is 4.92 Å². The molecule has 0 saturated carbocycles. The number of nitrogens with one attached hydrogen (secondary N) is 1. The summed E-state index contributed by atoms with van der Waals surface area (Å²) in [5, 5.41) is 17.9. The number of carbonyl (C=O) groups excluding carboxylic acids is 2. The molecule has 3 aromatic rings. The van der Waals surface area contributed by atoms with Crippen molar-refractivity contribution in [2.75, 3.05) is 5.32 Å². The van der Waals surface area contributed by atoms with Crippen molar-refractivity contribution >= 4 is 23.1 Å². The molecule has 30 heavy (non-hydrogen) atoms. The van der Waals surface area contributed by atoms with Crippen LogP contribution in [0.25, 0.3) is 11.4 Å². The van der Waals surface area contributed by atoms with Gasteiger partial charge in [0.25, 0.3) is 5.69 Å². The number of ketones is 1. The fourth-order valence-electron chi connectivity index (χ4n) is 2.82. The van der Waals surface area contributed by atoms with Crippen LogP contribution in [-0.2, 0) is 11.3 Å². The van der Waals surface area contributed by atoms with E-state index in [4.69, 9.17) is 0 Å². The number of anilines is 1.